The number of amides is 1. The van der Waals surface area contributed by atoms with Gasteiger partial charge in [0.1, 0.15) is 6.61 Å². The van der Waals surface area contributed by atoms with E-state index in [1.165, 1.54) is 6.20 Å². The molecule has 0 aliphatic carbocycles. The Morgan fingerprint density at radius 3 is 2.93 bits per heavy atom. The number of halogens is 1. The molecule has 27 heavy (non-hydrogen) atoms. The van der Waals surface area contributed by atoms with Gasteiger partial charge >= 0.3 is 0 Å². The van der Waals surface area contributed by atoms with Gasteiger partial charge in [-0.25, -0.2) is 0 Å². The highest BCUT2D eigenvalue weighted by Gasteiger charge is 2.24. The molecule has 8 heteroatoms. The monoisotopic (exact) mass is 384 g/mol. The van der Waals surface area contributed by atoms with Crippen LogP contribution in [0.3, 0.4) is 0 Å². The first-order valence-corrected chi connectivity index (χ1v) is 8.77. The van der Waals surface area contributed by atoms with Crippen molar-refractivity contribution in [2.75, 3.05) is 20.3 Å². The number of hydrogen-bond donors (Lipinski definition) is 1. The zero-order valence-corrected chi connectivity index (χ0v) is 15.4. The van der Waals surface area contributed by atoms with Crippen LogP contribution in [0, 0.1) is 0 Å². The third kappa shape index (κ3) is 3.46. The number of aromatic amines is 1. The fourth-order valence-electron chi connectivity index (χ4n) is 3.05. The smallest absolute Gasteiger partial charge is 0.257 e. The lowest BCUT2D eigenvalue weighted by molar-refractivity contribution is 0.0733. The maximum absolute atomic E-state index is 12.7. The molecule has 1 aliphatic heterocycles. The zero-order valence-electron chi connectivity index (χ0n) is 14.6. The Kier molecular flexibility index (Phi) is 4.68. The molecule has 0 saturated heterocycles. The Morgan fingerprint density at radius 1 is 1.33 bits per heavy atom. The molecule has 0 unspecified atom stereocenters. The second-order valence-electron chi connectivity index (χ2n) is 6.09. The van der Waals surface area contributed by atoms with Crippen LogP contribution < -0.4 is 9.47 Å². The number of H-pyrrole nitrogens is 1. The lowest BCUT2D eigenvalue weighted by Crippen LogP contribution is -2.32. The van der Waals surface area contributed by atoms with E-state index in [1.807, 2.05) is 18.2 Å². The standard InChI is InChI=1S/C19H17ClN4O3/c1-26-17-7-12(16-3-2-15(20)10-21-16)6-13-11-24(4-5-27-18(13)17)19(25)14-8-22-23-9-14/h2-3,6-10H,4-5,11H2,1H3,(H,22,23). The average molecular weight is 385 g/mol. The summed E-state index contributed by atoms with van der Waals surface area (Å²) >= 11 is 5.94. The van der Waals surface area contributed by atoms with Gasteiger partial charge in [-0.2, -0.15) is 5.10 Å². The molecule has 138 valence electrons. The molecule has 2 aromatic heterocycles. The third-order valence-electron chi connectivity index (χ3n) is 4.38. The molecule has 0 bridgehead atoms. The molecule has 3 aromatic rings. The van der Waals surface area contributed by atoms with Gasteiger partial charge in [0.2, 0.25) is 0 Å². The van der Waals surface area contributed by atoms with Crippen LogP contribution in [0.2, 0.25) is 5.02 Å². The largest absolute Gasteiger partial charge is 0.493 e. The normalized spacial score (nSPS) is 13.5. The summed E-state index contributed by atoms with van der Waals surface area (Å²) in [7, 11) is 1.59. The Morgan fingerprint density at radius 2 is 2.22 bits per heavy atom. The summed E-state index contributed by atoms with van der Waals surface area (Å²) in [5.41, 5.74) is 3.00. The zero-order chi connectivity index (χ0) is 18.8. The molecular weight excluding hydrogens is 368 g/mol. The summed E-state index contributed by atoms with van der Waals surface area (Å²) in [5.74, 6) is 1.16. The van der Waals surface area contributed by atoms with Crippen molar-refractivity contribution in [2.24, 2.45) is 0 Å². The lowest BCUT2D eigenvalue weighted by atomic mass is 10.0. The number of nitrogens with zero attached hydrogens (tertiary/aromatic N) is 3. The summed E-state index contributed by atoms with van der Waals surface area (Å²) in [6, 6.07) is 7.47. The number of methoxy groups -OCH3 is 1. The van der Waals surface area contributed by atoms with Crippen LogP contribution in [-0.2, 0) is 6.54 Å². The van der Waals surface area contributed by atoms with Crippen LogP contribution in [0.4, 0.5) is 0 Å². The van der Waals surface area contributed by atoms with E-state index in [2.05, 4.69) is 15.2 Å². The second-order valence-corrected chi connectivity index (χ2v) is 6.53. The fourth-order valence-corrected chi connectivity index (χ4v) is 3.17. The molecule has 0 saturated carbocycles. The van der Waals surface area contributed by atoms with Crippen LogP contribution in [0.5, 0.6) is 11.5 Å². The van der Waals surface area contributed by atoms with Crippen LogP contribution in [0.1, 0.15) is 15.9 Å². The Bertz CT molecular complexity index is 958. The molecule has 1 aromatic carbocycles. The molecule has 1 amide bonds. The van der Waals surface area contributed by atoms with Gasteiger partial charge in [0.15, 0.2) is 11.5 Å². The first-order chi connectivity index (χ1) is 13.2. The van der Waals surface area contributed by atoms with Gasteiger partial charge in [0, 0.05) is 30.1 Å². The molecule has 0 atom stereocenters. The number of benzene rings is 1. The van der Waals surface area contributed by atoms with Crippen LogP contribution in [0.25, 0.3) is 11.3 Å². The van der Waals surface area contributed by atoms with Crippen molar-refractivity contribution in [3.05, 3.63) is 59.0 Å². The Labute approximate surface area is 160 Å². The third-order valence-corrected chi connectivity index (χ3v) is 4.60. The molecule has 0 fully saturated rings. The highest BCUT2D eigenvalue weighted by molar-refractivity contribution is 6.30. The Balaban J connectivity index is 1.72. The van der Waals surface area contributed by atoms with Crippen molar-refractivity contribution in [1.29, 1.82) is 0 Å². The van der Waals surface area contributed by atoms with E-state index in [0.29, 0.717) is 41.8 Å². The van der Waals surface area contributed by atoms with Gasteiger partial charge in [-0.15, -0.1) is 0 Å². The maximum atomic E-state index is 12.7. The topological polar surface area (TPSA) is 80.3 Å². The van der Waals surface area contributed by atoms with Crippen molar-refractivity contribution >= 4 is 17.5 Å². The number of fused-ring (bicyclic) bond motifs is 1. The summed E-state index contributed by atoms with van der Waals surface area (Å²) in [6.07, 6.45) is 4.70. The van der Waals surface area contributed by atoms with Gasteiger partial charge in [-0.1, -0.05) is 11.6 Å². The number of carbonyl (C=O) groups is 1. The lowest BCUT2D eigenvalue weighted by Gasteiger charge is -2.19. The summed E-state index contributed by atoms with van der Waals surface area (Å²) in [6.45, 7) is 1.25. The molecule has 1 N–H and O–H groups in total. The van der Waals surface area contributed by atoms with Gasteiger partial charge in [-0.3, -0.25) is 14.9 Å². The van der Waals surface area contributed by atoms with Crippen molar-refractivity contribution in [2.45, 2.75) is 6.54 Å². The minimum atomic E-state index is -0.103. The first-order valence-electron chi connectivity index (χ1n) is 8.39. The van der Waals surface area contributed by atoms with Gasteiger partial charge in [-0.05, 0) is 24.3 Å². The quantitative estimate of drug-likeness (QED) is 0.750. The van der Waals surface area contributed by atoms with Gasteiger partial charge < -0.3 is 14.4 Å². The summed E-state index contributed by atoms with van der Waals surface area (Å²) < 4.78 is 11.4. The Hall–Kier alpha value is -3.06. The van der Waals surface area contributed by atoms with E-state index in [4.69, 9.17) is 21.1 Å². The van der Waals surface area contributed by atoms with E-state index in [-0.39, 0.29) is 5.91 Å². The van der Waals surface area contributed by atoms with E-state index < -0.39 is 0 Å². The highest BCUT2D eigenvalue weighted by atomic mass is 35.5. The van der Waals surface area contributed by atoms with Gasteiger partial charge in [0.05, 0.1) is 36.1 Å². The van der Waals surface area contributed by atoms with E-state index in [9.17, 15) is 4.79 Å². The van der Waals surface area contributed by atoms with Gasteiger partial charge in [0.25, 0.3) is 5.91 Å². The fraction of sp³-hybridized carbons (Fsp3) is 0.211. The molecule has 3 heterocycles. The molecule has 4 rings (SSSR count). The molecule has 1 aliphatic rings. The predicted octanol–water partition coefficient (Wildman–Crippen LogP) is 3.17. The van der Waals surface area contributed by atoms with E-state index >= 15 is 0 Å². The van der Waals surface area contributed by atoms with Crippen molar-refractivity contribution in [3.63, 3.8) is 0 Å². The SMILES string of the molecule is COc1cc(-c2ccc(Cl)cn2)cc2c1OCCN(C(=O)c1cn[nH]c1)C2. The molecule has 0 spiro atoms. The van der Waals surface area contributed by atoms with E-state index in [0.717, 1.165) is 16.8 Å². The number of nitrogens with one attached hydrogen (secondary N) is 1. The number of rotatable bonds is 3. The van der Waals surface area contributed by atoms with Crippen molar-refractivity contribution in [1.82, 2.24) is 20.1 Å². The first kappa shape index (κ1) is 17.4. The molecular formula is C19H17ClN4O3. The minimum Gasteiger partial charge on any atom is -0.493 e. The number of hydrogen-bond acceptors (Lipinski definition) is 5. The summed E-state index contributed by atoms with van der Waals surface area (Å²) in [5, 5.41) is 7.09. The van der Waals surface area contributed by atoms with Crippen LogP contribution in [0.15, 0.2) is 42.9 Å². The maximum Gasteiger partial charge on any atom is 0.257 e. The number of carbonyl (C=O) groups excluding carboxylic acids is 1. The predicted molar refractivity (Wildman–Crippen MR) is 100 cm³/mol. The molecule has 0 radical (unpaired) electrons. The van der Waals surface area contributed by atoms with Crippen LogP contribution in [-0.4, -0.2) is 46.2 Å². The second kappa shape index (κ2) is 7.28. The number of pyridine rings is 1. The summed E-state index contributed by atoms with van der Waals surface area (Å²) in [4.78, 5) is 18.8. The molecule has 7 nitrogen and oxygen atoms in total. The van der Waals surface area contributed by atoms with Crippen LogP contribution >= 0.6 is 11.6 Å². The van der Waals surface area contributed by atoms with Crippen molar-refractivity contribution in [3.8, 4) is 22.8 Å². The minimum absolute atomic E-state index is 0.103. The highest BCUT2D eigenvalue weighted by Crippen LogP contribution is 2.38. The van der Waals surface area contributed by atoms with Crippen molar-refractivity contribution < 1.29 is 14.3 Å². The van der Waals surface area contributed by atoms with E-state index in [1.54, 1.807) is 30.5 Å². The number of ether oxygens (including phenoxy) is 2. The number of aromatic nitrogens is 3. The average Bonchev–Trinajstić information content (AvgIpc) is 3.14.